The fraction of sp³-hybridized carbons (Fsp3) is 0.471. The third-order valence-electron chi connectivity index (χ3n) is 4.89. The molecule has 1 aliphatic heterocycles. The number of non-ortho nitro benzene ring substituents is 1. The van der Waals surface area contributed by atoms with Crippen molar-refractivity contribution in [1.29, 1.82) is 0 Å². The van der Waals surface area contributed by atoms with Crippen molar-refractivity contribution in [3.8, 4) is 0 Å². The van der Waals surface area contributed by atoms with E-state index in [0.717, 1.165) is 23.1 Å². The van der Waals surface area contributed by atoms with Crippen LogP contribution in [0.1, 0.15) is 22.6 Å². The van der Waals surface area contributed by atoms with Gasteiger partial charge in [0, 0.05) is 50.4 Å². The van der Waals surface area contributed by atoms with E-state index in [4.69, 9.17) is 4.52 Å². The number of nitro groups is 1. The summed E-state index contributed by atoms with van der Waals surface area (Å²) in [6.45, 7) is 7.84. The Labute approximate surface area is 157 Å². The van der Waals surface area contributed by atoms with Crippen molar-refractivity contribution < 1.29 is 17.9 Å². The number of nitro benzene ring substituents is 1. The summed E-state index contributed by atoms with van der Waals surface area (Å²) >= 11 is 0. The molecule has 0 N–H and O–H groups in total. The van der Waals surface area contributed by atoms with E-state index in [1.165, 1.54) is 16.4 Å². The first-order valence-corrected chi connectivity index (χ1v) is 10.0. The lowest BCUT2D eigenvalue weighted by molar-refractivity contribution is -0.385. The number of sulfonamides is 1. The minimum absolute atomic E-state index is 0.00382. The summed E-state index contributed by atoms with van der Waals surface area (Å²) < 4.78 is 32.5. The molecule has 0 unspecified atom stereocenters. The van der Waals surface area contributed by atoms with Crippen LogP contribution >= 0.6 is 0 Å². The van der Waals surface area contributed by atoms with Gasteiger partial charge in [-0.05, 0) is 26.3 Å². The molecule has 2 heterocycles. The average Bonchev–Trinajstić information content (AvgIpc) is 2.94. The van der Waals surface area contributed by atoms with E-state index in [0.29, 0.717) is 38.3 Å². The molecular weight excluding hydrogens is 372 g/mol. The molecule has 146 valence electrons. The minimum atomic E-state index is -3.78. The smallest absolute Gasteiger partial charge is 0.270 e. The molecule has 1 aromatic carbocycles. The monoisotopic (exact) mass is 394 g/mol. The molecule has 10 heteroatoms. The van der Waals surface area contributed by atoms with Crippen molar-refractivity contribution >= 4 is 15.7 Å². The van der Waals surface area contributed by atoms with Crippen LogP contribution in [0.2, 0.25) is 0 Å². The van der Waals surface area contributed by atoms with Gasteiger partial charge in [-0.1, -0.05) is 11.2 Å². The zero-order valence-corrected chi connectivity index (χ0v) is 16.3. The van der Waals surface area contributed by atoms with Crippen LogP contribution in [0, 0.1) is 30.9 Å². The molecule has 0 saturated carbocycles. The van der Waals surface area contributed by atoms with Crippen molar-refractivity contribution in [3.63, 3.8) is 0 Å². The van der Waals surface area contributed by atoms with Crippen LogP contribution in [0.15, 0.2) is 27.6 Å². The van der Waals surface area contributed by atoms with Crippen LogP contribution in [-0.4, -0.2) is 53.9 Å². The van der Waals surface area contributed by atoms with Gasteiger partial charge in [-0.3, -0.25) is 15.0 Å². The second-order valence-electron chi connectivity index (χ2n) is 6.69. The van der Waals surface area contributed by atoms with Gasteiger partial charge in [-0.25, -0.2) is 8.42 Å². The molecule has 9 nitrogen and oxygen atoms in total. The summed E-state index contributed by atoms with van der Waals surface area (Å²) in [5, 5.41) is 14.9. The van der Waals surface area contributed by atoms with Gasteiger partial charge in [0.05, 0.1) is 15.5 Å². The lowest BCUT2D eigenvalue weighted by Crippen LogP contribution is -2.48. The molecule has 0 atom stereocenters. The van der Waals surface area contributed by atoms with E-state index in [2.05, 4.69) is 10.1 Å². The molecule has 3 rings (SSSR count). The van der Waals surface area contributed by atoms with Crippen LogP contribution in [0.25, 0.3) is 0 Å². The molecule has 0 bridgehead atoms. The maximum absolute atomic E-state index is 13.0. The van der Waals surface area contributed by atoms with Gasteiger partial charge in [0.25, 0.3) is 5.69 Å². The molecule has 1 saturated heterocycles. The molecule has 2 aromatic rings. The highest BCUT2D eigenvalue weighted by atomic mass is 32.2. The van der Waals surface area contributed by atoms with Crippen LogP contribution in [0.5, 0.6) is 0 Å². The Hall–Kier alpha value is -2.30. The molecule has 1 aromatic heterocycles. The number of nitrogens with zero attached hydrogens (tertiary/aromatic N) is 4. The van der Waals surface area contributed by atoms with Crippen LogP contribution in [0.4, 0.5) is 5.69 Å². The maximum atomic E-state index is 13.0. The van der Waals surface area contributed by atoms with Crippen molar-refractivity contribution in [1.82, 2.24) is 14.4 Å². The standard InChI is InChI=1S/C17H22N4O5S/c1-12-4-5-15(21(22)23)10-17(12)27(24,25)20-8-6-19(7-9-20)11-16-13(2)18-26-14(16)3/h4-5,10H,6-9,11H2,1-3H3. The van der Waals surface area contributed by atoms with E-state index in [9.17, 15) is 18.5 Å². The Morgan fingerprint density at radius 2 is 1.85 bits per heavy atom. The van der Waals surface area contributed by atoms with E-state index in [1.807, 2.05) is 13.8 Å². The molecule has 0 radical (unpaired) electrons. The predicted octanol–water partition coefficient (Wildman–Crippen LogP) is 2.01. The van der Waals surface area contributed by atoms with Gasteiger partial charge in [-0.2, -0.15) is 4.31 Å². The van der Waals surface area contributed by atoms with Crippen molar-refractivity contribution in [3.05, 3.63) is 50.9 Å². The fourth-order valence-electron chi connectivity index (χ4n) is 3.20. The first-order valence-electron chi connectivity index (χ1n) is 8.59. The SMILES string of the molecule is Cc1ccc([N+](=O)[O-])cc1S(=O)(=O)N1CCN(Cc2c(C)noc2C)CC1. The topological polar surface area (TPSA) is 110 Å². The predicted molar refractivity (Wildman–Crippen MR) is 97.8 cm³/mol. The Morgan fingerprint density at radius 3 is 2.41 bits per heavy atom. The summed E-state index contributed by atoms with van der Waals surface area (Å²) in [5.74, 6) is 0.773. The largest absolute Gasteiger partial charge is 0.361 e. The number of aromatic nitrogens is 1. The number of aryl methyl sites for hydroxylation is 3. The number of hydrogen-bond donors (Lipinski definition) is 0. The molecule has 0 spiro atoms. The summed E-state index contributed by atoms with van der Waals surface area (Å²) in [4.78, 5) is 12.6. The van der Waals surface area contributed by atoms with Crippen LogP contribution < -0.4 is 0 Å². The Balaban J connectivity index is 1.73. The van der Waals surface area contributed by atoms with Crippen LogP contribution in [-0.2, 0) is 16.6 Å². The highest BCUT2D eigenvalue weighted by Crippen LogP contribution is 2.26. The Kier molecular flexibility index (Phi) is 5.31. The molecular formula is C17H22N4O5S. The van der Waals surface area contributed by atoms with Crippen molar-refractivity contribution in [2.45, 2.75) is 32.2 Å². The van der Waals surface area contributed by atoms with E-state index >= 15 is 0 Å². The number of hydrogen-bond acceptors (Lipinski definition) is 7. The first kappa shape index (κ1) is 19.5. The normalized spacial score (nSPS) is 16.6. The van der Waals surface area contributed by atoms with E-state index in [-0.39, 0.29) is 10.6 Å². The zero-order chi connectivity index (χ0) is 19.8. The quantitative estimate of drug-likeness (QED) is 0.563. The molecule has 27 heavy (non-hydrogen) atoms. The first-order chi connectivity index (χ1) is 12.7. The lowest BCUT2D eigenvalue weighted by Gasteiger charge is -2.34. The zero-order valence-electron chi connectivity index (χ0n) is 15.5. The summed E-state index contributed by atoms with van der Waals surface area (Å²) in [6, 6.07) is 3.93. The lowest BCUT2D eigenvalue weighted by atomic mass is 10.2. The number of rotatable bonds is 5. The van der Waals surface area contributed by atoms with Crippen molar-refractivity contribution in [2.24, 2.45) is 0 Å². The summed E-state index contributed by atoms with van der Waals surface area (Å²) in [7, 11) is -3.78. The van der Waals surface area contributed by atoms with Gasteiger partial charge >= 0.3 is 0 Å². The third-order valence-corrected chi connectivity index (χ3v) is 6.94. The fourth-order valence-corrected chi connectivity index (χ4v) is 4.87. The van der Waals surface area contributed by atoms with Gasteiger partial charge in [0.15, 0.2) is 0 Å². The summed E-state index contributed by atoms with van der Waals surface area (Å²) in [5.41, 5.74) is 2.14. The summed E-state index contributed by atoms with van der Waals surface area (Å²) in [6.07, 6.45) is 0. The van der Waals surface area contributed by atoms with Gasteiger partial charge in [-0.15, -0.1) is 0 Å². The second-order valence-corrected chi connectivity index (χ2v) is 8.60. The molecule has 0 amide bonds. The number of benzene rings is 1. The van der Waals surface area contributed by atoms with Gasteiger partial charge < -0.3 is 4.52 Å². The van der Waals surface area contributed by atoms with Crippen molar-refractivity contribution in [2.75, 3.05) is 26.2 Å². The maximum Gasteiger partial charge on any atom is 0.270 e. The Bertz CT molecular complexity index is 942. The Morgan fingerprint density at radius 1 is 1.19 bits per heavy atom. The average molecular weight is 394 g/mol. The molecule has 1 aliphatic rings. The molecule has 1 fully saturated rings. The molecule has 0 aliphatic carbocycles. The number of piperazine rings is 1. The van der Waals surface area contributed by atoms with Gasteiger partial charge in [0.2, 0.25) is 10.0 Å². The van der Waals surface area contributed by atoms with Crippen LogP contribution in [0.3, 0.4) is 0 Å². The second kappa shape index (κ2) is 7.37. The highest BCUT2D eigenvalue weighted by Gasteiger charge is 2.31. The minimum Gasteiger partial charge on any atom is -0.361 e. The van der Waals surface area contributed by atoms with E-state index < -0.39 is 14.9 Å². The third kappa shape index (κ3) is 3.87. The van der Waals surface area contributed by atoms with Gasteiger partial charge in [0.1, 0.15) is 5.76 Å². The highest BCUT2D eigenvalue weighted by molar-refractivity contribution is 7.89. The van der Waals surface area contributed by atoms with E-state index in [1.54, 1.807) is 6.92 Å².